The number of esters is 4. The topological polar surface area (TPSA) is 186 Å². The predicted octanol–water partition coefficient (Wildman–Crippen LogP) is 7.13. The molecule has 0 saturated carbocycles. The van der Waals surface area contributed by atoms with Gasteiger partial charge in [-0.3, -0.25) is 38.4 Å². The van der Waals surface area contributed by atoms with Gasteiger partial charge < -0.3 is 38.5 Å². The maximum absolute atomic E-state index is 12.0. The Kier molecular flexibility index (Phi) is 30.0. The van der Waals surface area contributed by atoms with Crippen LogP contribution in [0.3, 0.4) is 0 Å². The van der Waals surface area contributed by atoms with Crippen molar-refractivity contribution in [1.82, 2.24) is 19.6 Å². The quantitative estimate of drug-likeness (QED) is 0.0420. The molecule has 4 unspecified atom stereocenters. The highest BCUT2D eigenvalue weighted by atomic mass is 16.5. The number of ether oxygens (including phenoxy) is 4. The molecule has 0 spiro atoms. The van der Waals surface area contributed by atoms with Crippen molar-refractivity contribution in [2.24, 2.45) is 29.6 Å². The highest BCUT2D eigenvalue weighted by molar-refractivity contribution is 5.89. The first-order chi connectivity index (χ1) is 32.2. The zero-order valence-electron chi connectivity index (χ0n) is 42.5. The summed E-state index contributed by atoms with van der Waals surface area (Å²) in [4.78, 5) is 101. The lowest BCUT2D eigenvalue weighted by atomic mass is 10.0. The van der Waals surface area contributed by atoms with Crippen LogP contribution in [0, 0.1) is 29.6 Å². The molecule has 0 N–H and O–H groups in total. The molecule has 0 aliphatic carbocycles. The summed E-state index contributed by atoms with van der Waals surface area (Å²) in [6.07, 6.45) is 20.5. The highest BCUT2D eigenvalue weighted by Crippen LogP contribution is 2.24. The average molecular weight is 949 g/mol. The molecular weight excluding hydrogens is 861 g/mol. The lowest BCUT2D eigenvalue weighted by Gasteiger charge is -2.21. The number of hydrogen-bond donors (Lipinski definition) is 0. The van der Waals surface area contributed by atoms with Crippen LogP contribution in [0.4, 0.5) is 0 Å². The average Bonchev–Trinajstić information content (AvgIpc) is 4.09. The molecule has 0 bridgehead atoms. The molecule has 4 aliphatic heterocycles. The molecule has 16 heteroatoms. The summed E-state index contributed by atoms with van der Waals surface area (Å²) in [7, 11) is 2.59. The second kappa shape index (κ2) is 34.1. The summed E-state index contributed by atoms with van der Waals surface area (Å²) in [5, 5.41) is 0. The van der Waals surface area contributed by atoms with Gasteiger partial charge in [0, 0.05) is 78.0 Å². The lowest BCUT2D eigenvalue weighted by molar-refractivity contribution is -0.149. The van der Waals surface area contributed by atoms with E-state index >= 15 is 0 Å². The number of carbonyl (C=O) groups is 8. The van der Waals surface area contributed by atoms with Crippen LogP contribution in [0.1, 0.15) is 169 Å². The predicted molar refractivity (Wildman–Crippen MR) is 255 cm³/mol. The third-order valence-corrected chi connectivity index (χ3v) is 13.0. The second-order valence-corrected chi connectivity index (χ2v) is 19.1. The Labute approximate surface area is 402 Å². The normalized spacial score (nSPS) is 20.2. The molecule has 4 fully saturated rings. The molecule has 67 heavy (non-hydrogen) atoms. The number of hydrogen-bond acceptors (Lipinski definition) is 12. The zero-order valence-corrected chi connectivity index (χ0v) is 42.5. The molecule has 16 nitrogen and oxygen atoms in total. The van der Waals surface area contributed by atoms with Crippen LogP contribution in [-0.4, -0.2) is 147 Å². The number of unbranched alkanes of at least 4 members (excludes halogenated alkanes) is 12. The number of rotatable bonds is 29. The van der Waals surface area contributed by atoms with Gasteiger partial charge in [0.15, 0.2) is 0 Å². The summed E-state index contributed by atoms with van der Waals surface area (Å²) in [5.41, 5.74) is 0. The molecule has 0 aromatic carbocycles. The summed E-state index contributed by atoms with van der Waals surface area (Å²) >= 11 is 0. The summed E-state index contributed by atoms with van der Waals surface area (Å²) in [6, 6.07) is 0. The van der Waals surface area contributed by atoms with Crippen LogP contribution in [0.15, 0.2) is 0 Å². The van der Waals surface area contributed by atoms with E-state index in [0.29, 0.717) is 65.3 Å². The molecule has 384 valence electrons. The van der Waals surface area contributed by atoms with Crippen molar-refractivity contribution in [2.45, 2.75) is 169 Å². The van der Waals surface area contributed by atoms with Crippen molar-refractivity contribution in [3.63, 3.8) is 0 Å². The standard InChI is InChI=1S/C20H37NO3.C17H31NO3.C14H20N2O6/c1-4-5-6-11-14-24-20(23)18-15-19(22)21(16-18)13-10-8-7-9-12-17(2)3;1-3-5-7-8-9-10-12-21-17(20)15-13-16(19)18(14-15)11-6-4-2;1-21-13(19)9-5-11(17)15(7-9)3-4-16-8-10(6-12(16)18)14(20)22-2/h17-18H,4-16H2,1-3H3;15H,3-14H2,1-2H3;9-10H,3-8H2,1-2H3. The van der Waals surface area contributed by atoms with Crippen molar-refractivity contribution in [1.29, 1.82) is 0 Å². The van der Waals surface area contributed by atoms with Crippen LogP contribution < -0.4 is 0 Å². The Hall–Kier alpha value is -4.24. The van der Waals surface area contributed by atoms with E-state index in [4.69, 9.17) is 9.47 Å². The Morgan fingerprint density at radius 3 is 1.13 bits per heavy atom. The van der Waals surface area contributed by atoms with Gasteiger partial charge in [0.25, 0.3) is 0 Å². The van der Waals surface area contributed by atoms with Gasteiger partial charge in [0.05, 0.1) is 51.1 Å². The van der Waals surface area contributed by atoms with E-state index in [1.807, 2.05) is 4.90 Å². The van der Waals surface area contributed by atoms with Gasteiger partial charge in [-0.1, -0.05) is 118 Å². The van der Waals surface area contributed by atoms with Crippen LogP contribution in [0.5, 0.6) is 0 Å². The van der Waals surface area contributed by atoms with E-state index < -0.39 is 11.8 Å². The third-order valence-electron chi connectivity index (χ3n) is 13.0. The van der Waals surface area contributed by atoms with Crippen molar-refractivity contribution < 1.29 is 57.3 Å². The fourth-order valence-electron chi connectivity index (χ4n) is 8.71. The van der Waals surface area contributed by atoms with Crippen molar-refractivity contribution in [3.05, 3.63) is 0 Å². The molecule has 0 aromatic rings. The monoisotopic (exact) mass is 949 g/mol. The lowest BCUT2D eigenvalue weighted by Crippen LogP contribution is -2.37. The largest absolute Gasteiger partial charge is 0.469 e. The van der Waals surface area contributed by atoms with Crippen molar-refractivity contribution >= 4 is 47.5 Å². The Morgan fingerprint density at radius 1 is 0.433 bits per heavy atom. The molecule has 0 aromatic heterocycles. The third kappa shape index (κ3) is 23.1. The SMILES string of the molecule is CCCCCCCCOC(=O)C1CC(=O)N(CCCC)C1.CCCCCCOC(=O)C1CC(=O)N(CCCCCCC(C)C)C1.COC(=O)C1CC(=O)N(CCN2CC(C(=O)OC)CC2=O)C1. The summed E-state index contributed by atoms with van der Waals surface area (Å²) < 4.78 is 19.9. The van der Waals surface area contributed by atoms with E-state index in [2.05, 4.69) is 44.1 Å². The molecule has 4 atom stereocenters. The molecule has 0 radical (unpaired) electrons. The van der Waals surface area contributed by atoms with Gasteiger partial charge in [0.1, 0.15) is 0 Å². The number of methoxy groups -OCH3 is 2. The van der Waals surface area contributed by atoms with E-state index in [0.717, 1.165) is 64.0 Å². The van der Waals surface area contributed by atoms with Crippen LogP contribution >= 0.6 is 0 Å². The fourth-order valence-corrected chi connectivity index (χ4v) is 8.71. The highest BCUT2D eigenvalue weighted by Gasteiger charge is 2.39. The molecule has 4 rings (SSSR count). The number of carbonyl (C=O) groups excluding carboxylic acids is 8. The molecule has 4 saturated heterocycles. The maximum atomic E-state index is 12.0. The smallest absolute Gasteiger partial charge is 0.311 e. The van der Waals surface area contributed by atoms with Gasteiger partial charge in [-0.2, -0.15) is 0 Å². The van der Waals surface area contributed by atoms with E-state index in [-0.39, 0.29) is 72.2 Å². The maximum Gasteiger partial charge on any atom is 0.311 e. The number of amides is 4. The van der Waals surface area contributed by atoms with Crippen molar-refractivity contribution in [3.8, 4) is 0 Å². The number of likely N-dealkylation sites (tertiary alicyclic amines) is 4. The van der Waals surface area contributed by atoms with Gasteiger partial charge in [-0.05, 0) is 31.6 Å². The first-order valence-corrected chi connectivity index (χ1v) is 25.8. The minimum Gasteiger partial charge on any atom is -0.469 e. The van der Waals surface area contributed by atoms with Crippen LogP contribution in [0.25, 0.3) is 0 Å². The zero-order chi connectivity index (χ0) is 49.6. The molecule has 4 heterocycles. The molecule has 4 amide bonds. The summed E-state index contributed by atoms with van der Waals surface area (Å²) in [5.74, 6) is -1.75. The van der Waals surface area contributed by atoms with Crippen molar-refractivity contribution in [2.75, 3.05) is 79.8 Å². The summed E-state index contributed by atoms with van der Waals surface area (Å²) in [6.45, 7) is 16.0. The first kappa shape index (κ1) is 58.9. The van der Waals surface area contributed by atoms with E-state index in [1.54, 1.807) is 14.7 Å². The number of nitrogens with zero attached hydrogens (tertiary/aromatic N) is 4. The van der Waals surface area contributed by atoms with Gasteiger partial charge in [-0.15, -0.1) is 0 Å². The minimum absolute atomic E-state index is 0.102. The van der Waals surface area contributed by atoms with E-state index in [1.165, 1.54) is 78.4 Å². The Bertz CT molecular complexity index is 1480. The minimum atomic E-state index is -0.436. The molecule has 4 aliphatic rings. The van der Waals surface area contributed by atoms with Gasteiger partial charge >= 0.3 is 23.9 Å². The van der Waals surface area contributed by atoms with Crippen LogP contribution in [0.2, 0.25) is 0 Å². The fraction of sp³-hybridized carbons (Fsp3) is 0.843. The van der Waals surface area contributed by atoms with Gasteiger partial charge in [0.2, 0.25) is 23.6 Å². The second-order valence-electron chi connectivity index (χ2n) is 19.1. The van der Waals surface area contributed by atoms with Gasteiger partial charge in [-0.25, -0.2) is 0 Å². The van der Waals surface area contributed by atoms with E-state index in [9.17, 15) is 38.4 Å². The van der Waals surface area contributed by atoms with Crippen LogP contribution in [-0.2, 0) is 57.3 Å². The Morgan fingerprint density at radius 2 is 0.746 bits per heavy atom. The first-order valence-electron chi connectivity index (χ1n) is 25.8. The molecular formula is C51H88N4O12. The Balaban J connectivity index is 0.000000346.